The Morgan fingerprint density at radius 3 is 2.50 bits per heavy atom. The molecule has 0 bridgehead atoms. The normalized spacial score (nSPS) is 16.8. The lowest BCUT2D eigenvalue weighted by Gasteiger charge is -2.26. The summed E-state index contributed by atoms with van der Waals surface area (Å²) >= 11 is 0. The molecule has 1 aromatic rings. The molecule has 0 spiro atoms. The number of carboxylic acids is 1. The molecule has 0 amide bonds. The Hall–Kier alpha value is -1.80. The van der Waals surface area contributed by atoms with Crippen LogP contribution < -0.4 is 10.5 Å². The lowest BCUT2D eigenvalue weighted by Crippen LogP contribution is -2.39. The van der Waals surface area contributed by atoms with E-state index in [1.54, 1.807) is 0 Å². The van der Waals surface area contributed by atoms with Gasteiger partial charge in [0.1, 0.15) is 0 Å². The number of benzene rings is 1. The van der Waals surface area contributed by atoms with E-state index in [-0.39, 0.29) is 16.9 Å². The van der Waals surface area contributed by atoms with Crippen LogP contribution in [0, 0.1) is 0 Å². The van der Waals surface area contributed by atoms with Crippen molar-refractivity contribution in [2.45, 2.75) is 19.3 Å². The molecule has 0 radical (unpaired) electrons. The lowest BCUT2D eigenvalue weighted by atomic mass is 10.1. The van der Waals surface area contributed by atoms with Crippen molar-refractivity contribution in [3.63, 3.8) is 0 Å². The van der Waals surface area contributed by atoms with Gasteiger partial charge in [0.15, 0.2) is 0 Å². The number of nitrogens with one attached hydrogen (secondary N) is 1. The summed E-state index contributed by atoms with van der Waals surface area (Å²) in [7, 11) is -3.73. The van der Waals surface area contributed by atoms with Crippen molar-refractivity contribution in [3.05, 3.63) is 23.8 Å². The summed E-state index contributed by atoms with van der Waals surface area (Å²) < 4.78 is 28.1. The zero-order chi connectivity index (χ0) is 14.8. The van der Waals surface area contributed by atoms with Crippen molar-refractivity contribution < 1.29 is 18.3 Å². The lowest BCUT2D eigenvalue weighted by molar-refractivity contribution is 0.0698. The van der Waals surface area contributed by atoms with Crippen LogP contribution in [0.2, 0.25) is 0 Å². The zero-order valence-electron chi connectivity index (χ0n) is 10.9. The van der Waals surface area contributed by atoms with Crippen LogP contribution in [0.4, 0.5) is 11.4 Å². The van der Waals surface area contributed by atoms with Gasteiger partial charge in [-0.3, -0.25) is 4.72 Å². The van der Waals surface area contributed by atoms with E-state index in [1.807, 2.05) is 0 Å². The van der Waals surface area contributed by atoms with E-state index in [9.17, 15) is 13.2 Å². The molecule has 0 aliphatic carbocycles. The summed E-state index contributed by atoms with van der Waals surface area (Å²) in [5.41, 5.74) is 5.65. The van der Waals surface area contributed by atoms with E-state index >= 15 is 0 Å². The molecular formula is C12H17N3O4S. The van der Waals surface area contributed by atoms with Crippen LogP contribution in [0.1, 0.15) is 29.6 Å². The predicted molar refractivity (Wildman–Crippen MR) is 75.8 cm³/mol. The average molecular weight is 299 g/mol. The molecule has 0 atom stereocenters. The molecule has 4 N–H and O–H groups in total. The van der Waals surface area contributed by atoms with E-state index in [1.165, 1.54) is 22.5 Å². The maximum Gasteiger partial charge on any atom is 0.337 e. The molecule has 0 aromatic heterocycles. The number of rotatable bonds is 4. The second-order valence-electron chi connectivity index (χ2n) is 4.68. The predicted octanol–water partition coefficient (Wildman–Crippen LogP) is 1.11. The fourth-order valence-corrected chi connectivity index (χ4v) is 3.46. The minimum absolute atomic E-state index is 0.0253. The smallest absolute Gasteiger partial charge is 0.337 e. The quantitative estimate of drug-likeness (QED) is 0.721. The highest BCUT2D eigenvalue weighted by atomic mass is 32.2. The van der Waals surface area contributed by atoms with Gasteiger partial charge in [0.2, 0.25) is 0 Å². The Kier molecular flexibility index (Phi) is 4.15. The number of carbonyl (C=O) groups is 1. The fraction of sp³-hybridized carbons (Fsp3) is 0.417. The third-order valence-electron chi connectivity index (χ3n) is 3.17. The maximum absolute atomic E-state index is 12.2. The number of hydrogen-bond acceptors (Lipinski definition) is 4. The number of nitrogens with zero attached hydrogens (tertiary/aromatic N) is 1. The third-order valence-corrected chi connectivity index (χ3v) is 4.69. The van der Waals surface area contributed by atoms with Crippen LogP contribution in [0.15, 0.2) is 18.2 Å². The van der Waals surface area contributed by atoms with Gasteiger partial charge in [0.25, 0.3) is 0 Å². The van der Waals surface area contributed by atoms with Gasteiger partial charge in [-0.25, -0.2) is 4.79 Å². The second kappa shape index (κ2) is 5.68. The topological polar surface area (TPSA) is 113 Å². The highest BCUT2D eigenvalue weighted by molar-refractivity contribution is 7.90. The molecule has 2 rings (SSSR count). The van der Waals surface area contributed by atoms with E-state index in [4.69, 9.17) is 10.8 Å². The number of carboxylic acid groups (broad SMARTS) is 1. The first-order chi connectivity index (χ1) is 9.40. The van der Waals surface area contributed by atoms with Crippen LogP contribution in [-0.4, -0.2) is 36.9 Å². The van der Waals surface area contributed by atoms with Crippen molar-refractivity contribution in [3.8, 4) is 0 Å². The average Bonchev–Trinajstić information content (AvgIpc) is 2.41. The summed E-state index contributed by atoms with van der Waals surface area (Å²) in [5.74, 6) is -1.23. The van der Waals surface area contributed by atoms with Crippen LogP contribution >= 0.6 is 0 Å². The molecule has 1 saturated heterocycles. The molecule has 8 heteroatoms. The van der Waals surface area contributed by atoms with Crippen molar-refractivity contribution >= 4 is 27.6 Å². The molecule has 0 unspecified atom stereocenters. The number of anilines is 2. The van der Waals surface area contributed by atoms with Gasteiger partial charge in [-0.1, -0.05) is 6.42 Å². The molecule has 7 nitrogen and oxygen atoms in total. The van der Waals surface area contributed by atoms with Gasteiger partial charge in [-0.2, -0.15) is 12.7 Å². The Balaban J connectivity index is 2.27. The number of hydrogen-bond donors (Lipinski definition) is 3. The molecule has 1 aliphatic heterocycles. The summed E-state index contributed by atoms with van der Waals surface area (Å²) in [5, 5.41) is 9.09. The summed E-state index contributed by atoms with van der Waals surface area (Å²) in [4.78, 5) is 11.1. The van der Waals surface area contributed by atoms with E-state index in [0.717, 1.165) is 19.3 Å². The summed E-state index contributed by atoms with van der Waals surface area (Å²) in [6.45, 7) is 0.902. The molecular weight excluding hydrogens is 282 g/mol. The monoisotopic (exact) mass is 299 g/mol. The summed E-state index contributed by atoms with van der Waals surface area (Å²) in [6.07, 6.45) is 2.64. The van der Waals surface area contributed by atoms with Crippen LogP contribution in [0.25, 0.3) is 0 Å². The van der Waals surface area contributed by atoms with E-state index in [2.05, 4.69) is 4.72 Å². The van der Waals surface area contributed by atoms with Crippen molar-refractivity contribution in [1.82, 2.24) is 4.31 Å². The Morgan fingerprint density at radius 1 is 1.25 bits per heavy atom. The maximum atomic E-state index is 12.2. The van der Waals surface area contributed by atoms with Gasteiger partial charge in [0.05, 0.1) is 11.3 Å². The molecule has 1 aliphatic rings. The molecule has 1 aromatic carbocycles. The van der Waals surface area contributed by atoms with Crippen LogP contribution in [-0.2, 0) is 10.2 Å². The zero-order valence-corrected chi connectivity index (χ0v) is 11.7. The summed E-state index contributed by atoms with van der Waals surface area (Å²) in [6, 6.07) is 4.05. The van der Waals surface area contributed by atoms with Crippen molar-refractivity contribution in [2.75, 3.05) is 23.5 Å². The first-order valence-corrected chi connectivity index (χ1v) is 7.75. The molecule has 1 heterocycles. The standard InChI is InChI=1S/C12H17N3O4S/c13-9-4-5-11(10(8-9)12(16)17)14-20(18,19)15-6-2-1-3-7-15/h4-5,8,14H,1-3,6-7,13H2,(H,16,17). The van der Waals surface area contributed by atoms with Crippen LogP contribution in [0.3, 0.4) is 0 Å². The second-order valence-corrected chi connectivity index (χ2v) is 6.35. The Labute approximate surface area is 117 Å². The number of aromatic carboxylic acids is 1. The van der Waals surface area contributed by atoms with Crippen LogP contribution in [0.5, 0.6) is 0 Å². The number of piperidine rings is 1. The first kappa shape index (κ1) is 14.6. The highest BCUT2D eigenvalue weighted by Gasteiger charge is 2.25. The molecule has 110 valence electrons. The minimum atomic E-state index is -3.73. The van der Waals surface area contributed by atoms with Gasteiger partial charge >= 0.3 is 16.2 Å². The SMILES string of the molecule is Nc1ccc(NS(=O)(=O)N2CCCCC2)c(C(=O)O)c1. The molecule has 0 saturated carbocycles. The van der Waals surface area contributed by atoms with E-state index < -0.39 is 16.2 Å². The van der Waals surface area contributed by atoms with Gasteiger partial charge in [-0.15, -0.1) is 0 Å². The minimum Gasteiger partial charge on any atom is -0.478 e. The Morgan fingerprint density at radius 2 is 1.90 bits per heavy atom. The van der Waals surface area contributed by atoms with E-state index in [0.29, 0.717) is 13.1 Å². The van der Waals surface area contributed by atoms with Gasteiger partial charge < -0.3 is 10.8 Å². The van der Waals surface area contributed by atoms with Crippen molar-refractivity contribution in [1.29, 1.82) is 0 Å². The molecule has 1 fully saturated rings. The highest BCUT2D eigenvalue weighted by Crippen LogP contribution is 2.22. The third kappa shape index (κ3) is 3.20. The molecule has 20 heavy (non-hydrogen) atoms. The van der Waals surface area contributed by atoms with Gasteiger partial charge in [-0.05, 0) is 31.0 Å². The number of nitrogen functional groups attached to an aromatic ring is 1. The van der Waals surface area contributed by atoms with Gasteiger partial charge in [0, 0.05) is 18.8 Å². The fourth-order valence-electron chi connectivity index (χ4n) is 2.14. The Bertz CT molecular complexity index is 609. The largest absolute Gasteiger partial charge is 0.478 e. The number of nitrogens with two attached hydrogens (primary N) is 1. The van der Waals surface area contributed by atoms with Crippen molar-refractivity contribution in [2.24, 2.45) is 0 Å². The first-order valence-electron chi connectivity index (χ1n) is 6.31.